The van der Waals surface area contributed by atoms with Crippen molar-refractivity contribution in [3.63, 3.8) is 0 Å². The van der Waals surface area contributed by atoms with E-state index in [0.29, 0.717) is 34.4 Å². The molecular formula is C20H16ClFO2. The number of carbonyl (C=O) groups excluding carboxylic acids is 1. The number of ether oxygens (including phenoxy) is 1. The molecule has 2 nitrogen and oxygen atoms in total. The molecule has 0 radical (unpaired) electrons. The molecule has 0 saturated heterocycles. The van der Waals surface area contributed by atoms with E-state index in [4.69, 9.17) is 16.3 Å². The van der Waals surface area contributed by atoms with Gasteiger partial charge >= 0.3 is 0 Å². The van der Waals surface area contributed by atoms with Crippen LogP contribution in [0.4, 0.5) is 4.39 Å². The number of ketones is 1. The second-order valence-electron chi connectivity index (χ2n) is 6.78. The smallest absolute Gasteiger partial charge is 0.193 e. The Bertz CT molecular complexity index is 941. The summed E-state index contributed by atoms with van der Waals surface area (Å²) in [5.74, 6) is 0.236. The quantitative estimate of drug-likeness (QED) is 0.731. The lowest BCUT2D eigenvalue weighted by Crippen LogP contribution is -2.29. The molecule has 0 N–H and O–H groups in total. The Hall–Kier alpha value is -2.13. The standard InChI is InChI=1S/C20H16ClFO2/c1-20(2)14-8-10(24-3)4-5-12(14)19(23)17-11-6-7-16(21)18(22)13(11)9-15(17)20/h4-8H,9H2,1-3H3. The summed E-state index contributed by atoms with van der Waals surface area (Å²) in [6.07, 6.45) is 0.409. The Balaban J connectivity index is 1.98. The van der Waals surface area contributed by atoms with Crippen LogP contribution < -0.4 is 4.74 Å². The van der Waals surface area contributed by atoms with E-state index < -0.39 is 5.82 Å². The molecule has 2 aliphatic carbocycles. The fourth-order valence-corrected chi connectivity index (χ4v) is 4.06. The Labute approximate surface area is 144 Å². The van der Waals surface area contributed by atoms with Gasteiger partial charge in [-0.15, -0.1) is 0 Å². The van der Waals surface area contributed by atoms with Gasteiger partial charge in [0.05, 0.1) is 12.1 Å². The molecule has 24 heavy (non-hydrogen) atoms. The van der Waals surface area contributed by atoms with Crippen molar-refractivity contribution in [1.82, 2.24) is 0 Å². The van der Waals surface area contributed by atoms with E-state index in [0.717, 1.165) is 11.1 Å². The molecule has 2 aliphatic rings. The van der Waals surface area contributed by atoms with Crippen molar-refractivity contribution < 1.29 is 13.9 Å². The first kappa shape index (κ1) is 15.4. The van der Waals surface area contributed by atoms with Crippen LogP contribution in [-0.2, 0) is 11.8 Å². The summed E-state index contributed by atoms with van der Waals surface area (Å²) in [5, 5.41) is 0.0954. The molecule has 0 aromatic heterocycles. The maximum absolute atomic E-state index is 14.5. The van der Waals surface area contributed by atoms with E-state index in [1.54, 1.807) is 25.3 Å². The maximum atomic E-state index is 14.5. The molecule has 4 heteroatoms. The van der Waals surface area contributed by atoms with Gasteiger partial charge in [0.2, 0.25) is 0 Å². The van der Waals surface area contributed by atoms with Crippen molar-refractivity contribution in [2.75, 3.05) is 7.11 Å². The molecule has 0 spiro atoms. The third-order valence-electron chi connectivity index (χ3n) is 5.25. The first-order valence-corrected chi connectivity index (χ1v) is 8.18. The highest BCUT2D eigenvalue weighted by atomic mass is 35.5. The van der Waals surface area contributed by atoms with Gasteiger partial charge in [0.1, 0.15) is 11.6 Å². The minimum atomic E-state index is -0.422. The van der Waals surface area contributed by atoms with E-state index in [1.807, 2.05) is 6.07 Å². The topological polar surface area (TPSA) is 26.3 Å². The largest absolute Gasteiger partial charge is 0.497 e. The van der Waals surface area contributed by atoms with Crippen LogP contribution in [0.25, 0.3) is 5.57 Å². The predicted molar refractivity (Wildman–Crippen MR) is 92.4 cm³/mol. The summed E-state index contributed by atoms with van der Waals surface area (Å²) >= 11 is 5.93. The molecule has 0 saturated carbocycles. The third-order valence-corrected chi connectivity index (χ3v) is 5.54. The fraction of sp³-hybridized carbons (Fsp3) is 0.250. The molecule has 122 valence electrons. The molecule has 4 rings (SSSR count). The molecule has 2 aromatic carbocycles. The van der Waals surface area contributed by atoms with Crippen molar-refractivity contribution >= 4 is 23.0 Å². The number of Topliss-reactive ketones (excluding diaryl/α,β-unsaturated/α-hetero) is 1. The summed E-state index contributed by atoms with van der Waals surface area (Å²) in [4.78, 5) is 13.1. The lowest BCUT2D eigenvalue weighted by molar-refractivity contribution is 0.105. The molecule has 2 aromatic rings. The predicted octanol–water partition coefficient (Wildman–Crippen LogP) is 4.97. The van der Waals surface area contributed by atoms with E-state index in [-0.39, 0.29) is 16.2 Å². The molecule has 0 bridgehead atoms. The number of methoxy groups -OCH3 is 1. The summed E-state index contributed by atoms with van der Waals surface area (Å²) < 4.78 is 19.8. The van der Waals surface area contributed by atoms with Gasteiger partial charge in [0, 0.05) is 22.1 Å². The van der Waals surface area contributed by atoms with E-state index in [9.17, 15) is 9.18 Å². The molecule has 0 aliphatic heterocycles. The molecule has 0 atom stereocenters. The van der Waals surface area contributed by atoms with Gasteiger partial charge in [-0.05, 0) is 47.4 Å². The molecule has 0 amide bonds. The summed E-state index contributed by atoms with van der Waals surface area (Å²) in [7, 11) is 1.60. The van der Waals surface area contributed by atoms with Crippen LogP contribution in [0.15, 0.2) is 35.9 Å². The van der Waals surface area contributed by atoms with Crippen molar-refractivity contribution in [1.29, 1.82) is 0 Å². The summed E-state index contributed by atoms with van der Waals surface area (Å²) in [5.41, 5.74) is 3.96. The normalized spacial score (nSPS) is 17.5. The summed E-state index contributed by atoms with van der Waals surface area (Å²) in [6.45, 7) is 4.14. The van der Waals surface area contributed by atoms with Crippen molar-refractivity contribution in [2.45, 2.75) is 25.7 Å². The zero-order chi connectivity index (χ0) is 17.2. The number of hydrogen-bond donors (Lipinski definition) is 0. The number of halogens is 2. The van der Waals surface area contributed by atoms with E-state index in [2.05, 4.69) is 13.8 Å². The lowest BCUT2D eigenvalue weighted by atomic mass is 9.68. The van der Waals surface area contributed by atoms with Crippen molar-refractivity contribution in [2.24, 2.45) is 0 Å². The first-order chi connectivity index (χ1) is 11.4. The van der Waals surface area contributed by atoms with Gasteiger partial charge < -0.3 is 4.74 Å². The number of benzene rings is 2. The highest BCUT2D eigenvalue weighted by Crippen LogP contribution is 2.51. The number of rotatable bonds is 1. The second kappa shape index (κ2) is 4.93. The minimum Gasteiger partial charge on any atom is -0.497 e. The highest BCUT2D eigenvalue weighted by Gasteiger charge is 2.43. The van der Waals surface area contributed by atoms with Crippen LogP contribution in [-0.4, -0.2) is 12.9 Å². The fourth-order valence-electron chi connectivity index (χ4n) is 3.88. The zero-order valence-corrected chi connectivity index (χ0v) is 14.4. The molecule has 0 heterocycles. The van der Waals surface area contributed by atoms with Crippen LogP contribution in [0, 0.1) is 5.82 Å². The Kier molecular flexibility index (Phi) is 3.17. The Morgan fingerprint density at radius 1 is 1.17 bits per heavy atom. The molecule has 0 unspecified atom stereocenters. The van der Waals surface area contributed by atoms with Gasteiger partial charge in [-0.2, -0.15) is 0 Å². The average molecular weight is 343 g/mol. The van der Waals surface area contributed by atoms with E-state index >= 15 is 0 Å². The number of fused-ring (bicyclic) bond motifs is 3. The highest BCUT2D eigenvalue weighted by molar-refractivity contribution is 6.34. The van der Waals surface area contributed by atoms with Gasteiger partial charge in [-0.25, -0.2) is 4.39 Å². The molecular weight excluding hydrogens is 327 g/mol. The van der Waals surface area contributed by atoms with Gasteiger partial charge in [-0.1, -0.05) is 31.5 Å². The SMILES string of the molecule is COc1ccc2c(c1)C(C)(C)C1=C(C2=O)c2ccc(Cl)c(F)c2C1. The van der Waals surface area contributed by atoms with Crippen LogP contribution in [0.3, 0.4) is 0 Å². The Morgan fingerprint density at radius 3 is 2.58 bits per heavy atom. The number of allylic oxidation sites excluding steroid dienone is 2. The van der Waals surface area contributed by atoms with Crippen molar-refractivity contribution in [3.05, 3.63) is 69.0 Å². The van der Waals surface area contributed by atoms with Crippen molar-refractivity contribution in [3.8, 4) is 5.75 Å². The van der Waals surface area contributed by atoms with Crippen LogP contribution in [0.1, 0.15) is 40.9 Å². The van der Waals surface area contributed by atoms with Crippen LogP contribution >= 0.6 is 11.6 Å². The van der Waals surface area contributed by atoms with Gasteiger partial charge in [0.15, 0.2) is 5.78 Å². The van der Waals surface area contributed by atoms with E-state index in [1.165, 1.54) is 6.07 Å². The van der Waals surface area contributed by atoms with Crippen LogP contribution in [0.5, 0.6) is 5.75 Å². The maximum Gasteiger partial charge on any atom is 0.193 e. The van der Waals surface area contributed by atoms with Gasteiger partial charge in [-0.3, -0.25) is 4.79 Å². The number of carbonyl (C=O) groups is 1. The average Bonchev–Trinajstić information content (AvgIpc) is 2.97. The zero-order valence-electron chi connectivity index (χ0n) is 13.7. The van der Waals surface area contributed by atoms with Gasteiger partial charge in [0.25, 0.3) is 0 Å². The minimum absolute atomic E-state index is 0.0533. The monoisotopic (exact) mass is 342 g/mol. The first-order valence-electron chi connectivity index (χ1n) is 7.80. The Morgan fingerprint density at radius 2 is 1.88 bits per heavy atom. The third kappa shape index (κ3) is 1.85. The summed E-state index contributed by atoms with van der Waals surface area (Å²) in [6, 6.07) is 8.77. The lowest BCUT2D eigenvalue weighted by Gasteiger charge is -2.34. The second-order valence-corrected chi connectivity index (χ2v) is 7.19. The van der Waals surface area contributed by atoms with Crippen LogP contribution in [0.2, 0.25) is 5.02 Å². The number of hydrogen-bond acceptors (Lipinski definition) is 2. The molecule has 0 fully saturated rings.